The molecule has 2 aliphatic carbocycles. The molecule has 1 saturated carbocycles. The van der Waals surface area contributed by atoms with Crippen LogP contribution in [0.25, 0.3) is 0 Å². The Kier molecular flexibility index (Phi) is 3.11. The molecular weight excluding hydrogens is 224 g/mol. The Hall–Kier alpha value is -0.790. The number of ether oxygens (including phenoxy) is 1. The molecule has 18 heavy (non-hydrogen) atoms. The van der Waals surface area contributed by atoms with Crippen LogP contribution in [0.2, 0.25) is 0 Å². The number of carbonyl (C=O) groups is 1. The van der Waals surface area contributed by atoms with Gasteiger partial charge >= 0.3 is 5.97 Å². The second-order valence-electron chi connectivity index (χ2n) is 7.37. The largest absolute Gasteiger partial charge is 0.458 e. The molecule has 0 spiro atoms. The molecule has 0 amide bonds. The van der Waals surface area contributed by atoms with Crippen molar-refractivity contribution < 1.29 is 9.53 Å². The number of hydrogen-bond donors (Lipinski definition) is 0. The van der Waals surface area contributed by atoms with Crippen LogP contribution >= 0.6 is 0 Å². The van der Waals surface area contributed by atoms with E-state index < -0.39 is 0 Å². The zero-order chi connectivity index (χ0) is 13.7. The number of rotatable bonds is 1. The Morgan fingerprint density at radius 2 is 1.94 bits per heavy atom. The van der Waals surface area contributed by atoms with Crippen LogP contribution < -0.4 is 0 Å². The number of allylic oxidation sites excluding steroid dienone is 1. The van der Waals surface area contributed by atoms with Gasteiger partial charge in [0.25, 0.3) is 0 Å². The van der Waals surface area contributed by atoms with Crippen LogP contribution in [-0.2, 0) is 9.53 Å². The molecule has 2 heteroatoms. The van der Waals surface area contributed by atoms with Crippen molar-refractivity contribution in [1.29, 1.82) is 0 Å². The highest BCUT2D eigenvalue weighted by Crippen LogP contribution is 2.59. The van der Waals surface area contributed by atoms with Crippen LogP contribution in [0.3, 0.4) is 0 Å². The lowest BCUT2D eigenvalue weighted by molar-refractivity contribution is -0.146. The average molecular weight is 250 g/mol. The molecule has 3 atom stereocenters. The van der Waals surface area contributed by atoms with Crippen molar-refractivity contribution in [2.45, 2.75) is 60.5 Å². The highest BCUT2D eigenvalue weighted by molar-refractivity contribution is 5.66. The van der Waals surface area contributed by atoms with Crippen molar-refractivity contribution >= 4 is 5.97 Å². The lowest BCUT2D eigenvalue weighted by atomic mass is 9.66. The van der Waals surface area contributed by atoms with Crippen molar-refractivity contribution in [2.75, 3.05) is 0 Å². The Morgan fingerprint density at radius 1 is 1.33 bits per heavy atom. The van der Waals surface area contributed by atoms with Gasteiger partial charge in [0.05, 0.1) is 0 Å². The summed E-state index contributed by atoms with van der Waals surface area (Å²) in [7, 11) is 0. The van der Waals surface area contributed by atoms with E-state index in [1.807, 2.05) is 0 Å². The van der Waals surface area contributed by atoms with Crippen molar-refractivity contribution in [3.8, 4) is 0 Å². The molecule has 0 aromatic carbocycles. The highest BCUT2D eigenvalue weighted by atomic mass is 16.5. The third-order valence-corrected chi connectivity index (χ3v) is 5.29. The van der Waals surface area contributed by atoms with Crippen LogP contribution in [-0.4, -0.2) is 12.1 Å². The van der Waals surface area contributed by atoms with Gasteiger partial charge < -0.3 is 4.74 Å². The van der Waals surface area contributed by atoms with Gasteiger partial charge in [0.2, 0.25) is 0 Å². The van der Waals surface area contributed by atoms with E-state index >= 15 is 0 Å². The molecule has 2 rings (SSSR count). The zero-order valence-electron chi connectivity index (χ0n) is 12.5. The van der Waals surface area contributed by atoms with E-state index in [4.69, 9.17) is 4.74 Å². The molecule has 0 bridgehead atoms. The van der Waals surface area contributed by atoms with E-state index in [2.05, 4.69) is 40.7 Å². The molecule has 0 heterocycles. The fourth-order valence-corrected chi connectivity index (χ4v) is 3.79. The summed E-state index contributed by atoms with van der Waals surface area (Å²) in [6, 6.07) is 0. The molecule has 3 unspecified atom stereocenters. The van der Waals surface area contributed by atoms with Gasteiger partial charge in [0.1, 0.15) is 6.10 Å². The van der Waals surface area contributed by atoms with Crippen molar-refractivity contribution in [2.24, 2.45) is 22.7 Å². The first-order valence-electron chi connectivity index (χ1n) is 7.04. The fourth-order valence-electron chi connectivity index (χ4n) is 3.79. The molecule has 102 valence electrons. The van der Waals surface area contributed by atoms with E-state index in [0.29, 0.717) is 11.8 Å². The first-order chi connectivity index (χ1) is 8.14. The number of carbonyl (C=O) groups excluding carboxylic acids is 1. The molecule has 0 N–H and O–H groups in total. The van der Waals surface area contributed by atoms with E-state index in [9.17, 15) is 4.79 Å². The summed E-state index contributed by atoms with van der Waals surface area (Å²) in [5, 5.41) is 0. The standard InChI is InChI=1S/C16H26O2/c1-10-7-13-14(16(10,5)6)8-12(18-11(2)17)9-15(13,3)4/h8,10,12-13H,7,9H2,1-6H3. The normalized spacial score (nSPS) is 36.8. The molecule has 1 fully saturated rings. The van der Waals surface area contributed by atoms with Gasteiger partial charge in [-0.25, -0.2) is 0 Å². The number of fused-ring (bicyclic) bond motifs is 1. The van der Waals surface area contributed by atoms with Gasteiger partial charge in [-0.2, -0.15) is 0 Å². The molecule has 0 aliphatic heterocycles. The predicted molar refractivity (Wildman–Crippen MR) is 73.1 cm³/mol. The second-order valence-corrected chi connectivity index (χ2v) is 7.37. The molecule has 2 aliphatic rings. The summed E-state index contributed by atoms with van der Waals surface area (Å²) >= 11 is 0. The van der Waals surface area contributed by atoms with E-state index in [1.54, 1.807) is 0 Å². The first kappa shape index (κ1) is 13.6. The molecule has 0 aromatic heterocycles. The Bertz CT molecular complexity index is 390. The zero-order valence-corrected chi connectivity index (χ0v) is 12.5. The number of hydrogen-bond acceptors (Lipinski definition) is 2. The topological polar surface area (TPSA) is 26.3 Å². The summed E-state index contributed by atoms with van der Waals surface area (Å²) in [5.74, 6) is 1.17. The third kappa shape index (κ3) is 2.10. The van der Waals surface area contributed by atoms with Crippen LogP contribution in [0.15, 0.2) is 11.6 Å². The molecular formula is C16H26O2. The molecule has 0 aromatic rings. The van der Waals surface area contributed by atoms with Crippen molar-refractivity contribution in [3.05, 3.63) is 11.6 Å². The summed E-state index contributed by atoms with van der Waals surface area (Å²) < 4.78 is 5.45. The van der Waals surface area contributed by atoms with Gasteiger partial charge in [0, 0.05) is 6.92 Å². The van der Waals surface area contributed by atoms with Gasteiger partial charge in [-0.1, -0.05) is 40.2 Å². The smallest absolute Gasteiger partial charge is 0.303 e. The van der Waals surface area contributed by atoms with Crippen LogP contribution in [0.4, 0.5) is 0 Å². The molecule has 2 nitrogen and oxygen atoms in total. The van der Waals surface area contributed by atoms with E-state index in [1.165, 1.54) is 18.9 Å². The fraction of sp³-hybridized carbons (Fsp3) is 0.812. The average Bonchev–Trinajstić information content (AvgIpc) is 2.39. The maximum atomic E-state index is 11.2. The summed E-state index contributed by atoms with van der Waals surface area (Å²) in [6.45, 7) is 13.1. The quantitative estimate of drug-likeness (QED) is 0.520. The summed E-state index contributed by atoms with van der Waals surface area (Å²) in [5.41, 5.74) is 1.98. The minimum absolute atomic E-state index is 0.0340. The number of esters is 1. The summed E-state index contributed by atoms with van der Waals surface area (Å²) in [4.78, 5) is 11.2. The summed E-state index contributed by atoms with van der Waals surface area (Å²) in [6.07, 6.45) is 4.41. The van der Waals surface area contributed by atoms with E-state index in [0.717, 1.165) is 6.42 Å². The van der Waals surface area contributed by atoms with Gasteiger partial charge in [-0.3, -0.25) is 4.79 Å². The van der Waals surface area contributed by atoms with Gasteiger partial charge in [0.15, 0.2) is 0 Å². The van der Waals surface area contributed by atoms with Gasteiger partial charge in [-0.05, 0) is 41.6 Å². The van der Waals surface area contributed by atoms with Crippen LogP contribution in [0.5, 0.6) is 0 Å². The van der Waals surface area contributed by atoms with Crippen LogP contribution in [0, 0.1) is 22.7 Å². The highest BCUT2D eigenvalue weighted by Gasteiger charge is 2.51. The monoisotopic (exact) mass is 250 g/mol. The second kappa shape index (κ2) is 4.11. The minimum Gasteiger partial charge on any atom is -0.458 e. The Labute approximate surface area is 111 Å². The maximum absolute atomic E-state index is 11.2. The molecule has 0 saturated heterocycles. The lowest BCUT2D eigenvalue weighted by Crippen LogP contribution is -2.36. The Morgan fingerprint density at radius 3 is 2.50 bits per heavy atom. The first-order valence-corrected chi connectivity index (χ1v) is 7.04. The third-order valence-electron chi connectivity index (χ3n) is 5.29. The van der Waals surface area contributed by atoms with E-state index in [-0.39, 0.29) is 22.9 Å². The molecule has 0 radical (unpaired) electrons. The lowest BCUT2D eigenvalue weighted by Gasteiger charge is -2.41. The van der Waals surface area contributed by atoms with Crippen molar-refractivity contribution in [1.82, 2.24) is 0 Å². The van der Waals surface area contributed by atoms with Crippen LogP contribution in [0.1, 0.15) is 54.4 Å². The predicted octanol–water partition coefficient (Wildman–Crippen LogP) is 3.96. The SMILES string of the molecule is CC(=O)OC1C=C2C(CC(C)C2(C)C)C(C)(C)C1. The van der Waals surface area contributed by atoms with Gasteiger partial charge in [-0.15, -0.1) is 0 Å². The minimum atomic E-state index is -0.171. The maximum Gasteiger partial charge on any atom is 0.303 e. The Balaban J connectivity index is 2.36. The van der Waals surface area contributed by atoms with Crippen molar-refractivity contribution in [3.63, 3.8) is 0 Å².